The zero-order chi connectivity index (χ0) is 20.2. The van der Waals surface area contributed by atoms with Gasteiger partial charge in [-0.05, 0) is 36.4 Å². The van der Waals surface area contributed by atoms with Crippen LogP contribution in [0.3, 0.4) is 0 Å². The molecule has 3 aromatic carbocycles. The number of carbonyl (C=O) groups is 2. The number of carbonyl (C=O) groups excluding carboxylic acids is 2. The molecule has 29 heavy (non-hydrogen) atoms. The van der Waals surface area contributed by atoms with Crippen molar-refractivity contribution in [3.63, 3.8) is 0 Å². The number of fused-ring (bicyclic) bond motifs is 1. The van der Waals surface area contributed by atoms with Crippen molar-refractivity contribution in [1.29, 1.82) is 0 Å². The Bertz CT molecular complexity index is 1120. The summed E-state index contributed by atoms with van der Waals surface area (Å²) < 4.78 is 10.5. The monoisotopic (exact) mass is 387 g/mol. The molecule has 1 unspecified atom stereocenters. The lowest BCUT2D eigenvalue weighted by atomic mass is 10.1. The fourth-order valence-electron chi connectivity index (χ4n) is 2.88. The smallest absolute Gasteiger partial charge is 0.340 e. The number of ether oxygens (including phenoxy) is 2. The van der Waals surface area contributed by atoms with Crippen LogP contribution in [0.5, 0.6) is 0 Å². The Balaban J connectivity index is 1.72. The average molecular weight is 387 g/mol. The van der Waals surface area contributed by atoms with Gasteiger partial charge >= 0.3 is 11.9 Å². The van der Waals surface area contributed by atoms with E-state index >= 15 is 0 Å². The number of aromatic nitrogens is 3. The molecule has 0 spiro atoms. The van der Waals surface area contributed by atoms with E-state index in [4.69, 9.17) is 9.47 Å². The lowest BCUT2D eigenvalue weighted by Gasteiger charge is -2.17. The van der Waals surface area contributed by atoms with Crippen LogP contribution in [0.25, 0.3) is 11.0 Å². The first-order valence-electron chi connectivity index (χ1n) is 8.91. The highest BCUT2D eigenvalue weighted by Gasteiger charge is 2.23. The Hall–Kier alpha value is -4.00. The molecule has 0 amide bonds. The molecule has 0 N–H and O–H groups in total. The van der Waals surface area contributed by atoms with E-state index in [0.717, 1.165) is 0 Å². The number of rotatable bonds is 5. The van der Waals surface area contributed by atoms with Gasteiger partial charge in [0.25, 0.3) is 0 Å². The van der Waals surface area contributed by atoms with Crippen molar-refractivity contribution in [2.24, 2.45) is 0 Å². The fraction of sp³-hybridized carbons (Fsp3) is 0.0909. The van der Waals surface area contributed by atoms with Gasteiger partial charge in [-0.15, -0.1) is 15.0 Å². The molecule has 1 aromatic heterocycles. The van der Waals surface area contributed by atoms with Crippen LogP contribution < -0.4 is 0 Å². The van der Waals surface area contributed by atoms with Gasteiger partial charge in [-0.1, -0.05) is 42.5 Å². The van der Waals surface area contributed by atoms with E-state index in [1.54, 1.807) is 48.5 Å². The van der Waals surface area contributed by atoms with Gasteiger partial charge in [0.05, 0.1) is 18.2 Å². The minimum absolute atomic E-state index is 0.392. The molecular weight excluding hydrogens is 370 g/mol. The third-order valence-electron chi connectivity index (χ3n) is 4.36. The SMILES string of the molecule is COC(=O)c1ccc(C(OC(=O)c2ccccc2)n2nc3ccccc3n2)cc1. The number of nitrogens with zero attached hydrogens (tertiary/aromatic N) is 3. The Kier molecular flexibility index (Phi) is 5.03. The van der Waals surface area contributed by atoms with E-state index < -0.39 is 18.2 Å². The summed E-state index contributed by atoms with van der Waals surface area (Å²) in [6.45, 7) is 0. The minimum Gasteiger partial charge on any atom is -0.465 e. The highest BCUT2D eigenvalue weighted by molar-refractivity contribution is 5.90. The van der Waals surface area contributed by atoms with Crippen LogP contribution in [0.2, 0.25) is 0 Å². The molecule has 0 saturated carbocycles. The molecule has 0 fully saturated rings. The second-order valence-electron chi connectivity index (χ2n) is 6.25. The van der Waals surface area contributed by atoms with E-state index in [9.17, 15) is 9.59 Å². The van der Waals surface area contributed by atoms with Crippen LogP contribution in [0, 0.1) is 0 Å². The second-order valence-corrected chi connectivity index (χ2v) is 6.25. The molecule has 0 bridgehead atoms. The predicted octanol–water partition coefficient (Wildman–Crippen LogP) is 3.62. The maximum Gasteiger partial charge on any atom is 0.340 e. The third kappa shape index (κ3) is 3.84. The summed E-state index contributed by atoms with van der Waals surface area (Å²) in [5.74, 6) is -0.952. The third-order valence-corrected chi connectivity index (χ3v) is 4.36. The van der Waals surface area contributed by atoms with Gasteiger partial charge in [-0.25, -0.2) is 9.59 Å². The van der Waals surface area contributed by atoms with Crippen molar-refractivity contribution in [3.05, 3.63) is 95.6 Å². The van der Waals surface area contributed by atoms with Gasteiger partial charge in [0, 0.05) is 5.56 Å². The number of esters is 2. The highest BCUT2D eigenvalue weighted by atomic mass is 16.6. The van der Waals surface area contributed by atoms with E-state index in [1.807, 2.05) is 30.3 Å². The summed E-state index contributed by atoms with van der Waals surface area (Å²) >= 11 is 0. The van der Waals surface area contributed by atoms with Gasteiger partial charge in [0.15, 0.2) is 0 Å². The number of benzene rings is 3. The Morgan fingerprint density at radius 1 is 0.759 bits per heavy atom. The lowest BCUT2D eigenvalue weighted by molar-refractivity contribution is 0.0148. The Morgan fingerprint density at radius 2 is 1.31 bits per heavy atom. The van der Waals surface area contributed by atoms with Crippen LogP contribution in [-0.2, 0) is 9.47 Å². The zero-order valence-corrected chi connectivity index (χ0v) is 15.6. The maximum absolute atomic E-state index is 12.7. The second kappa shape index (κ2) is 7.93. The average Bonchev–Trinajstić information content (AvgIpc) is 3.21. The number of methoxy groups -OCH3 is 1. The van der Waals surface area contributed by atoms with Crippen molar-refractivity contribution in [3.8, 4) is 0 Å². The Labute approximate surface area is 166 Å². The molecule has 4 rings (SSSR count). The first-order valence-corrected chi connectivity index (χ1v) is 8.91. The zero-order valence-electron chi connectivity index (χ0n) is 15.6. The van der Waals surface area contributed by atoms with Crippen LogP contribution in [0.4, 0.5) is 0 Å². The molecule has 144 valence electrons. The van der Waals surface area contributed by atoms with Gasteiger partial charge in [-0.2, -0.15) is 0 Å². The quantitative estimate of drug-likeness (QED) is 0.487. The van der Waals surface area contributed by atoms with Crippen molar-refractivity contribution in [2.75, 3.05) is 7.11 Å². The van der Waals surface area contributed by atoms with Gasteiger partial charge in [-0.3, -0.25) is 0 Å². The molecule has 0 saturated heterocycles. The standard InChI is InChI=1S/C22H17N3O4/c1-28-21(26)17-13-11-15(12-14-17)20(29-22(27)16-7-3-2-4-8-16)25-23-18-9-5-6-10-19(18)24-25/h2-14,20H,1H3. The molecule has 0 aliphatic heterocycles. The van der Waals surface area contributed by atoms with Crippen molar-refractivity contribution < 1.29 is 19.1 Å². The molecule has 0 radical (unpaired) electrons. The molecule has 0 aliphatic carbocycles. The molecule has 7 heteroatoms. The largest absolute Gasteiger partial charge is 0.465 e. The summed E-state index contributed by atoms with van der Waals surface area (Å²) in [7, 11) is 1.32. The van der Waals surface area contributed by atoms with E-state index in [0.29, 0.717) is 27.7 Å². The van der Waals surface area contributed by atoms with Crippen molar-refractivity contribution in [2.45, 2.75) is 6.23 Å². The van der Waals surface area contributed by atoms with Gasteiger partial charge in [0.1, 0.15) is 11.0 Å². The van der Waals surface area contributed by atoms with E-state index in [1.165, 1.54) is 11.9 Å². The lowest BCUT2D eigenvalue weighted by Crippen LogP contribution is -2.21. The van der Waals surface area contributed by atoms with Crippen LogP contribution in [-0.4, -0.2) is 34.0 Å². The van der Waals surface area contributed by atoms with Gasteiger partial charge < -0.3 is 9.47 Å². The van der Waals surface area contributed by atoms with Crippen LogP contribution in [0.15, 0.2) is 78.9 Å². The predicted molar refractivity (Wildman–Crippen MR) is 105 cm³/mol. The summed E-state index contributed by atoms with van der Waals surface area (Å²) in [5.41, 5.74) is 2.78. The first-order chi connectivity index (χ1) is 14.2. The number of hydrogen-bond donors (Lipinski definition) is 0. The molecular formula is C22H17N3O4. The maximum atomic E-state index is 12.7. The minimum atomic E-state index is -0.901. The fourth-order valence-corrected chi connectivity index (χ4v) is 2.88. The summed E-state index contributed by atoms with van der Waals surface area (Å²) in [5, 5.41) is 8.89. The highest BCUT2D eigenvalue weighted by Crippen LogP contribution is 2.23. The topological polar surface area (TPSA) is 83.3 Å². The van der Waals surface area contributed by atoms with Gasteiger partial charge in [0.2, 0.25) is 6.23 Å². The van der Waals surface area contributed by atoms with Crippen molar-refractivity contribution in [1.82, 2.24) is 15.0 Å². The number of hydrogen-bond acceptors (Lipinski definition) is 6. The molecule has 1 heterocycles. The molecule has 7 nitrogen and oxygen atoms in total. The molecule has 4 aromatic rings. The summed E-state index contributed by atoms with van der Waals surface area (Å²) in [6.07, 6.45) is -0.901. The Morgan fingerprint density at radius 3 is 1.90 bits per heavy atom. The molecule has 0 aliphatic rings. The van der Waals surface area contributed by atoms with Crippen LogP contribution in [0.1, 0.15) is 32.5 Å². The van der Waals surface area contributed by atoms with Crippen LogP contribution >= 0.6 is 0 Å². The van der Waals surface area contributed by atoms with E-state index in [2.05, 4.69) is 10.2 Å². The first kappa shape index (κ1) is 18.4. The summed E-state index contributed by atoms with van der Waals surface area (Å²) in [6, 6.07) is 22.6. The summed E-state index contributed by atoms with van der Waals surface area (Å²) in [4.78, 5) is 25.7. The van der Waals surface area contributed by atoms with Crippen molar-refractivity contribution >= 4 is 23.0 Å². The normalized spacial score (nSPS) is 11.8. The van der Waals surface area contributed by atoms with E-state index in [-0.39, 0.29) is 0 Å². The molecule has 1 atom stereocenters.